The van der Waals surface area contributed by atoms with Gasteiger partial charge in [-0.2, -0.15) is 4.31 Å². The van der Waals surface area contributed by atoms with Crippen LogP contribution in [0, 0.1) is 11.7 Å². The van der Waals surface area contributed by atoms with E-state index in [0.717, 1.165) is 6.07 Å². The quantitative estimate of drug-likeness (QED) is 0.895. The van der Waals surface area contributed by atoms with Crippen LogP contribution < -0.4 is 5.73 Å². The van der Waals surface area contributed by atoms with Crippen LogP contribution in [0.3, 0.4) is 0 Å². The van der Waals surface area contributed by atoms with Crippen molar-refractivity contribution in [3.63, 3.8) is 0 Å². The maximum absolute atomic E-state index is 14.0. The molecule has 0 spiro atoms. The second kappa shape index (κ2) is 6.00. The molecule has 1 fully saturated rings. The Balaban J connectivity index is 2.35. The number of benzene rings is 1. The van der Waals surface area contributed by atoms with Gasteiger partial charge in [0.2, 0.25) is 10.0 Å². The molecule has 0 saturated carbocycles. The van der Waals surface area contributed by atoms with Gasteiger partial charge in [0, 0.05) is 25.7 Å². The smallest absolute Gasteiger partial charge is 0.246 e. The molecule has 1 aliphatic rings. The molecular formula is C14H22FN3O2S. The highest BCUT2D eigenvalue weighted by Gasteiger charge is 2.39. The lowest BCUT2D eigenvalue weighted by Gasteiger charge is -2.22. The molecule has 1 saturated heterocycles. The summed E-state index contributed by atoms with van der Waals surface area (Å²) in [5.74, 6) is -0.524. The van der Waals surface area contributed by atoms with Gasteiger partial charge in [0.15, 0.2) is 0 Å². The van der Waals surface area contributed by atoms with E-state index >= 15 is 0 Å². The van der Waals surface area contributed by atoms with Crippen molar-refractivity contribution in [2.24, 2.45) is 11.7 Å². The zero-order valence-electron chi connectivity index (χ0n) is 12.6. The van der Waals surface area contributed by atoms with E-state index < -0.39 is 15.8 Å². The van der Waals surface area contributed by atoms with Gasteiger partial charge in [0.25, 0.3) is 0 Å². The number of hydrogen-bond donors (Lipinski definition) is 1. The monoisotopic (exact) mass is 315 g/mol. The summed E-state index contributed by atoms with van der Waals surface area (Å²) in [7, 11) is 0.0218. The molecule has 1 heterocycles. The van der Waals surface area contributed by atoms with Crippen LogP contribution in [0.25, 0.3) is 0 Å². The molecule has 0 amide bonds. The molecule has 2 atom stereocenters. The maximum Gasteiger partial charge on any atom is 0.246 e. The predicted molar refractivity (Wildman–Crippen MR) is 79.7 cm³/mol. The summed E-state index contributed by atoms with van der Waals surface area (Å²) in [6, 6.07) is 4.14. The molecule has 0 aliphatic carbocycles. The third-order valence-electron chi connectivity index (χ3n) is 4.05. The fourth-order valence-electron chi connectivity index (χ4n) is 2.79. The normalized spacial score (nSPS) is 23.9. The van der Waals surface area contributed by atoms with E-state index in [1.165, 1.54) is 16.4 Å². The Hall–Kier alpha value is -1.02. The van der Waals surface area contributed by atoms with Crippen LogP contribution in [0.4, 0.5) is 4.39 Å². The lowest BCUT2D eigenvalue weighted by molar-refractivity contribution is 0.263. The van der Waals surface area contributed by atoms with Gasteiger partial charge >= 0.3 is 0 Å². The molecule has 7 heteroatoms. The number of rotatable bonds is 4. The highest BCUT2D eigenvalue weighted by Crippen LogP contribution is 2.28. The van der Waals surface area contributed by atoms with Crippen molar-refractivity contribution in [2.45, 2.75) is 24.4 Å². The van der Waals surface area contributed by atoms with Crippen LogP contribution in [0.2, 0.25) is 0 Å². The Labute approximate surface area is 125 Å². The van der Waals surface area contributed by atoms with E-state index in [9.17, 15) is 12.8 Å². The Kier molecular flexibility index (Phi) is 4.67. The summed E-state index contributed by atoms with van der Waals surface area (Å²) in [6.07, 6.45) is 0. The van der Waals surface area contributed by atoms with E-state index in [1.807, 2.05) is 25.9 Å². The van der Waals surface area contributed by atoms with Crippen molar-refractivity contribution >= 4 is 10.0 Å². The van der Waals surface area contributed by atoms with Crippen LogP contribution in [-0.4, -0.2) is 50.8 Å². The number of halogens is 1. The summed E-state index contributed by atoms with van der Waals surface area (Å²) in [4.78, 5) is 1.73. The number of hydrogen-bond acceptors (Lipinski definition) is 4. The van der Waals surface area contributed by atoms with E-state index in [0.29, 0.717) is 18.7 Å². The van der Waals surface area contributed by atoms with Gasteiger partial charge in [-0.25, -0.2) is 12.8 Å². The molecule has 2 N–H and O–H groups in total. The number of sulfonamides is 1. The first kappa shape index (κ1) is 16.4. The van der Waals surface area contributed by atoms with Crippen molar-refractivity contribution in [3.05, 3.63) is 29.6 Å². The molecule has 21 heavy (non-hydrogen) atoms. The van der Waals surface area contributed by atoms with Gasteiger partial charge in [-0.1, -0.05) is 13.0 Å². The molecule has 1 aromatic rings. The van der Waals surface area contributed by atoms with Crippen LogP contribution >= 0.6 is 0 Å². The topological polar surface area (TPSA) is 66.6 Å². The SMILES string of the molecule is CC1CN(S(=O)(=O)c2cc(CN)ccc2F)CC1N(C)C. The average Bonchev–Trinajstić information content (AvgIpc) is 2.82. The zero-order chi connectivity index (χ0) is 15.8. The minimum absolute atomic E-state index is 0.139. The second-order valence-electron chi connectivity index (χ2n) is 5.80. The summed E-state index contributed by atoms with van der Waals surface area (Å²) in [5.41, 5.74) is 6.11. The Bertz CT molecular complexity index is 619. The summed E-state index contributed by atoms with van der Waals surface area (Å²) < 4.78 is 40.6. The first-order valence-corrected chi connectivity index (χ1v) is 8.36. The predicted octanol–water partition coefficient (Wildman–Crippen LogP) is 0.855. The van der Waals surface area contributed by atoms with Crippen molar-refractivity contribution in [1.82, 2.24) is 9.21 Å². The molecule has 0 bridgehead atoms. The van der Waals surface area contributed by atoms with E-state index in [4.69, 9.17) is 5.73 Å². The molecule has 2 unspecified atom stereocenters. The van der Waals surface area contributed by atoms with Gasteiger partial charge in [-0.15, -0.1) is 0 Å². The molecule has 0 radical (unpaired) electrons. The highest BCUT2D eigenvalue weighted by atomic mass is 32.2. The molecule has 118 valence electrons. The molecular weight excluding hydrogens is 293 g/mol. The highest BCUT2D eigenvalue weighted by molar-refractivity contribution is 7.89. The minimum atomic E-state index is -3.83. The largest absolute Gasteiger partial charge is 0.326 e. The lowest BCUT2D eigenvalue weighted by atomic mass is 10.1. The van der Waals surface area contributed by atoms with E-state index in [2.05, 4.69) is 0 Å². The zero-order valence-corrected chi connectivity index (χ0v) is 13.4. The number of nitrogens with zero attached hydrogens (tertiary/aromatic N) is 2. The van der Waals surface area contributed by atoms with E-state index in [-0.39, 0.29) is 23.4 Å². The fourth-order valence-corrected chi connectivity index (χ4v) is 4.46. The summed E-state index contributed by atoms with van der Waals surface area (Å²) in [6.45, 7) is 2.96. The summed E-state index contributed by atoms with van der Waals surface area (Å²) in [5, 5.41) is 0. The Morgan fingerprint density at radius 1 is 1.38 bits per heavy atom. The molecule has 1 aromatic carbocycles. The van der Waals surface area contributed by atoms with Gasteiger partial charge in [0.1, 0.15) is 10.7 Å². The molecule has 2 rings (SSSR count). The van der Waals surface area contributed by atoms with Crippen molar-refractivity contribution in [1.29, 1.82) is 0 Å². The summed E-state index contributed by atoms with van der Waals surface area (Å²) >= 11 is 0. The first-order chi connectivity index (χ1) is 9.77. The van der Waals surface area contributed by atoms with Crippen LogP contribution in [0.5, 0.6) is 0 Å². The van der Waals surface area contributed by atoms with Gasteiger partial charge in [-0.05, 0) is 37.7 Å². The van der Waals surface area contributed by atoms with E-state index in [1.54, 1.807) is 0 Å². The minimum Gasteiger partial charge on any atom is -0.326 e. The molecule has 5 nitrogen and oxygen atoms in total. The third kappa shape index (κ3) is 3.11. The van der Waals surface area contributed by atoms with Crippen LogP contribution in [-0.2, 0) is 16.6 Å². The lowest BCUT2D eigenvalue weighted by Crippen LogP contribution is -2.36. The number of nitrogens with two attached hydrogens (primary N) is 1. The Morgan fingerprint density at radius 3 is 2.57 bits per heavy atom. The number of likely N-dealkylation sites (N-methyl/N-ethyl adjacent to an activating group) is 1. The Morgan fingerprint density at radius 2 is 2.05 bits per heavy atom. The van der Waals surface area contributed by atoms with Gasteiger partial charge in [-0.3, -0.25) is 0 Å². The van der Waals surface area contributed by atoms with Gasteiger partial charge < -0.3 is 10.6 Å². The third-order valence-corrected chi connectivity index (χ3v) is 5.90. The van der Waals surface area contributed by atoms with Gasteiger partial charge in [0.05, 0.1) is 0 Å². The molecule has 0 aromatic heterocycles. The van der Waals surface area contributed by atoms with Crippen molar-refractivity contribution in [2.75, 3.05) is 27.2 Å². The van der Waals surface area contributed by atoms with Crippen LogP contribution in [0.15, 0.2) is 23.1 Å². The maximum atomic E-state index is 14.0. The fraction of sp³-hybridized carbons (Fsp3) is 0.571. The second-order valence-corrected chi connectivity index (χ2v) is 7.71. The standard InChI is InChI=1S/C14H22FN3O2S/c1-10-8-18(9-13(10)17(2)3)21(19,20)14-6-11(7-16)4-5-12(14)15/h4-6,10,13H,7-9,16H2,1-3H3. The van der Waals surface area contributed by atoms with Crippen molar-refractivity contribution < 1.29 is 12.8 Å². The van der Waals surface area contributed by atoms with Crippen LogP contribution in [0.1, 0.15) is 12.5 Å². The first-order valence-electron chi connectivity index (χ1n) is 6.92. The molecule has 1 aliphatic heterocycles. The van der Waals surface area contributed by atoms with Crippen molar-refractivity contribution in [3.8, 4) is 0 Å². The average molecular weight is 315 g/mol.